The Kier molecular flexibility index (Phi) is 5.48. The van der Waals surface area contributed by atoms with Crippen molar-refractivity contribution in [1.82, 2.24) is 4.90 Å². The highest BCUT2D eigenvalue weighted by atomic mass is 32.2. The van der Waals surface area contributed by atoms with Gasteiger partial charge in [-0.2, -0.15) is 0 Å². The lowest BCUT2D eigenvalue weighted by Crippen LogP contribution is -2.35. The maximum atomic E-state index is 12.3. The van der Waals surface area contributed by atoms with Crippen LogP contribution >= 0.6 is 0 Å². The number of carboxylic acids is 1. The van der Waals surface area contributed by atoms with Crippen LogP contribution in [0.1, 0.15) is 29.8 Å². The highest BCUT2D eigenvalue weighted by molar-refractivity contribution is 7.90. The monoisotopic (exact) mass is 313 g/mol. The zero-order valence-electron chi connectivity index (χ0n) is 12.3. The van der Waals surface area contributed by atoms with Gasteiger partial charge in [0.2, 0.25) is 0 Å². The number of nitrogens with zero attached hydrogens (tertiary/aromatic N) is 1. The van der Waals surface area contributed by atoms with Crippen molar-refractivity contribution in [2.24, 2.45) is 0 Å². The Balaban J connectivity index is 3.25. The minimum atomic E-state index is -3.44. The minimum Gasteiger partial charge on any atom is -0.480 e. The highest BCUT2D eigenvalue weighted by Crippen LogP contribution is 2.19. The van der Waals surface area contributed by atoms with Crippen molar-refractivity contribution in [3.05, 3.63) is 29.3 Å². The lowest BCUT2D eigenvalue weighted by atomic mass is 10.1. The summed E-state index contributed by atoms with van der Waals surface area (Å²) < 4.78 is 23.6. The molecule has 0 aliphatic rings. The van der Waals surface area contributed by atoms with E-state index in [4.69, 9.17) is 5.11 Å². The first-order valence-electron chi connectivity index (χ1n) is 6.54. The van der Waals surface area contributed by atoms with E-state index < -0.39 is 28.3 Å². The molecule has 0 saturated carbocycles. The molecule has 0 aliphatic heterocycles. The SMILES string of the molecule is CCc1ccc(C(=O)N(CC)CC(=O)O)cc1S(C)(=O)=O. The summed E-state index contributed by atoms with van der Waals surface area (Å²) in [5, 5.41) is 8.79. The number of aliphatic carboxylic acids is 1. The summed E-state index contributed by atoms with van der Waals surface area (Å²) >= 11 is 0. The third-order valence-corrected chi connectivity index (χ3v) is 4.27. The van der Waals surface area contributed by atoms with Gasteiger partial charge in [-0.3, -0.25) is 9.59 Å². The summed E-state index contributed by atoms with van der Waals surface area (Å²) in [6.45, 7) is 3.31. The van der Waals surface area contributed by atoms with E-state index in [0.717, 1.165) is 11.2 Å². The number of aryl methyl sites for hydroxylation is 1. The molecule has 6 nitrogen and oxygen atoms in total. The second kappa shape index (κ2) is 6.71. The summed E-state index contributed by atoms with van der Waals surface area (Å²) in [4.78, 5) is 24.3. The van der Waals surface area contributed by atoms with Gasteiger partial charge in [0.25, 0.3) is 5.91 Å². The van der Waals surface area contributed by atoms with Crippen LogP contribution in [-0.4, -0.2) is 49.6 Å². The maximum Gasteiger partial charge on any atom is 0.323 e. The molecule has 0 atom stereocenters. The van der Waals surface area contributed by atoms with E-state index in [0.29, 0.717) is 12.0 Å². The highest BCUT2D eigenvalue weighted by Gasteiger charge is 2.20. The number of hydrogen-bond donors (Lipinski definition) is 1. The van der Waals surface area contributed by atoms with Gasteiger partial charge in [0, 0.05) is 18.4 Å². The number of amides is 1. The van der Waals surface area contributed by atoms with E-state index in [1.165, 1.54) is 12.1 Å². The standard InChI is InChI=1S/C14H19NO5S/c1-4-10-6-7-11(8-12(10)21(3,19)20)14(18)15(5-2)9-13(16)17/h6-8H,4-5,9H2,1-3H3,(H,16,17). The molecule has 0 spiro atoms. The number of rotatable bonds is 6. The first kappa shape index (κ1) is 17.2. The Morgan fingerprint density at radius 3 is 2.29 bits per heavy atom. The van der Waals surface area contributed by atoms with E-state index in [-0.39, 0.29) is 17.0 Å². The Morgan fingerprint density at radius 2 is 1.86 bits per heavy atom. The average Bonchev–Trinajstić information content (AvgIpc) is 2.42. The third kappa shape index (κ3) is 4.29. The molecule has 0 bridgehead atoms. The van der Waals surface area contributed by atoms with E-state index in [1.807, 2.05) is 6.92 Å². The molecule has 1 amide bonds. The number of hydrogen-bond acceptors (Lipinski definition) is 4. The Morgan fingerprint density at radius 1 is 1.24 bits per heavy atom. The van der Waals surface area contributed by atoms with Gasteiger partial charge in [0.15, 0.2) is 9.84 Å². The number of carbonyl (C=O) groups is 2. The van der Waals surface area contributed by atoms with Gasteiger partial charge in [0.05, 0.1) is 4.90 Å². The summed E-state index contributed by atoms with van der Waals surface area (Å²) in [7, 11) is -3.44. The second-order valence-corrected chi connectivity index (χ2v) is 6.65. The topological polar surface area (TPSA) is 91.8 Å². The number of sulfone groups is 1. The molecule has 0 unspecified atom stereocenters. The molecule has 1 N–H and O–H groups in total. The second-order valence-electron chi connectivity index (χ2n) is 4.66. The van der Waals surface area contributed by atoms with Crippen LogP contribution in [0, 0.1) is 0 Å². The van der Waals surface area contributed by atoms with Gasteiger partial charge in [-0.25, -0.2) is 8.42 Å². The van der Waals surface area contributed by atoms with E-state index in [9.17, 15) is 18.0 Å². The summed E-state index contributed by atoms with van der Waals surface area (Å²) in [5.41, 5.74) is 0.811. The molecular weight excluding hydrogens is 294 g/mol. The number of carboxylic acid groups (broad SMARTS) is 1. The minimum absolute atomic E-state index is 0.113. The fourth-order valence-electron chi connectivity index (χ4n) is 2.00. The van der Waals surface area contributed by atoms with Crippen LogP contribution < -0.4 is 0 Å². The third-order valence-electron chi connectivity index (χ3n) is 3.09. The molecular formula is C14H19NO5S. The Bertz CT molecular complexity index is 651. The Hall–Kier alpha value is -1.89. The molecule has 1 aromatic carbocycles. The molecule has 1 rings (SSSR count). The fraction of sp³-hybridized carbons (Fsp3) is 0.429. The molecule has 0 fully saturated rings. The van der Waals surface area contributed by atoms with Crippen molar-refractivity contribution in [1.29, 1.82) is 0 Å². The van der Waals surface area contributed by atoms with Crippen molar-refractivity contribution >= 4 is 21.7 Å². The van der Waals surface area contributed by atoms with Gasteiger partial charge >= 0.3 is 5.97 Å². The van der Waals surface area contributed by atoms with Gasteiger partial charge in [-0.05, 0) is 31.0 Å². The van der Waals surface area contributed by atoms with E-state index in [1.54, 1.807) is 13.0 Å². The largest absolute Gasteiger partial charge is 0.480 e. The summed E-state index contributed by atoms with van der Waals surface area (Å²) in [6.07, 6.45) is 1.62. The van der Waals surface area contributed by atoms with Gasteiger partial charge in [0.1, 0.15) is 6.54 Å². The van der Waals surface area contributed by atoms with E-state index in [2.05, 4.69) is 0 Å². The van der Waals surface area contributed by atoms with Crippen molar-refractivity contribution in [2.45, 2.75) is 25.2 Å². The number of carbonyl (C=O) groups excluding carboxylic acids is 1. The quantitative estimate of drug-likeness (QED) is 0.852. The molecule has 0 heterocycles. The summed E-state index contributed by atoms with van der Waals surface area (Å²) in [5.74, 6) is -1.61. The van der Waals surface area contributed by atoms with Gasteiger partial charge in [-0.1, -0.05) is 13.0 Å². The summed E-state index contributed by atoms with van der Waals surface area (Å²) in [6, 6.07) is 4.44. The van der Waals surface area contributed by atoms with Crippen LogP contribution in [0.25, 0.3) is 0 Å². The maximum absolute atomic E-state index is 12.3. The van der Waals surface area contributed by atoms with Crippen molar-refractivity contribution in [3.8, 4) is 0 Å². The van der Waals surface area contributed by atoms with Crippen molar-refractivity contribution in [3.63, 3.8) is 0 Å². The first-order valence-corrected chi connectivity index (χ1v) is 8.43. The lowest BCUT2D eigenvalue weighted by Gasteiger charge is -2.19. The van der Waals surface area contributed by atoms with E-state index >= 15 is 0 Å². The van der Waals surface area contributed by atoms with Crippen LogP contribution in [0.4, 0.5) is 0 Å². The van der Waals surface area contributed by atoms with Crippen LogP contribution in [0.15, 0.2) is 23.1 Å². The Labute approximate surface area is 124 Å². The first-order chi connectivity index (χ1) is 9.70. The van der Waals surface area contributed by atoms with Gasteiger partial charge in [-0.15, -0.1) is 0 Å². The van der Waals surface area contributed by atoms with Crippen LogP contribution in [0.5, 0.6) is 0 Å². The molecule has 0 radical (unpaired) electrons. The molecule has 7 heteroatoms. The zero-order valence-corrected chi connectivity index (χ0v) is 13.1. The van der Waals surface area contributed by atoms with Gasteiger partial charge < -0.3 is 10.0 Å². The molecule has 21 heavy (non-hydrogen) atoms. The smallest absolute Gasteiger partial charge is 0.323 e. The van der Waals surface area contributed by atoms with Crippen molar-refractivity contribution in [2.75, 3.05) is 19.3 Å². The van der Waals surface area contributed by atoms with Crippen molar-refractivity contribution < 1.29 is 23.1 Å². The number of benzene rings is 1. The molecule has 1 aromatic rings. The predicted molar refractivity (Wildman–Crippen MR) is 78.1 cm³/mol. The average molecular weight is 313 g/mol. The molecule has 0 aliphatic carbocycles. The van der Waals surface area contributed by atoms with Crippen LogP contribution in [0.2, 0.25) is 0 Å². The lowest BCUT2D eigenvalue weighted by molar-refractivity contribution is -0.137. The molecule has 116 valence electrons. The van der Waals surface area contributed by atoms with Crippen LogP contribution in [0.3, 0.4) is 0 Å². The normalized spacial score (nSPS) is 11.2. The number of likely N-dealkylation sites (N-methyl/N-ethyl adjacent to an activating group) is 1. The zero-order chi connectivity index (χ0) is 16.2. The fourth-order valence-corrected chi connectivity index (χ4v) is 3.03. The molecule has 0 aromatic heterocycles. The van der Waals surface area contributed by atoms with Crippen LogP contribution in [-0.2, 0) is 21.1 Å². The molecule has 0 saturated heterocycles. The predicted octanol–water partition coefficient (Wildman–Crippen LogP) is 1.20.